The summed E-state index contributed by atoms with van der Waals surface area (Å²) in [5.74, 6) is -0.306. The second-order valence-corrected chi connectivity index (χ2v) is 7.06. The van der Waals surface area contributed by atoms with Crippen molar-refractivity contribution in [3.05, 3.63) is 60.2 Å². The van der Waals surface area contributed by atoms with Crippen molar-refractivity contribution in [2.45, 2.75) is 20.0 Å². The van der Waals surface area contributed by atoms with E-state index in [-0.39, 0.29) is 18.4 Å². The first-order valence-electron chi connectivity index (χ1n) is 9.43. The molecule has 6 heteroatoms. The van der Waals surface area contributed by atoms with Gasteiger partial charge in [0.25, 0.3) is 5.91 Å². The number of carbonyl (C=O) groups excluding carboxylic acids is 1. The summed E-state index contributed by atoms with van der Waals surface area (Å²) in [5, 5.41) is 9.21. The molecule has 0 spiro atoms. The fourth-order valence-corrected chi connectivity index (χ4v) is 3.39. The maximum atomic E-state index is 12.5. The number of carboxylic acids is 1. The molecular weight excluding hydrogens is 358 g/mol. The molecule has 1 N–H and O–H groups in total. The fraction of sp³-hybridized carbons (Fsp3) is 0.364. The maximum absolute atomic E-state index is 12.5. The lowest BCUT2D eigenvalue weighted by Gasteiger charge is -2.34. The Labute approximate surface area is 164 Å². The van der Waals surface area contributed by atoms with E-state index >= 15 is 0 Å². The first kappa shape index (κ1) is 19.7. The third-order valence-corrected chi connectivity index (χ3v) is 5.01. The Morgan fingerprint density at radius 3 is 2.32 bits per heavy atom. The molecular formula is C22H25NO5. The zero-order valence-electron chi connectivity index (χ0n) is 15.9. The number of amides is 1. The van der Waals surface area contributed by atoms with Gasteiger partial charge in [-0.05, 0) is 30.0 Å². The Bertz CT molecular complexity index is 808. The lowest BCUT2D eigenvalue weighted by atomic mass is 9.87. The Morgan fingerprint density at radius 2 is 1.68 bits per heavy atom. The molecule has 1 amide bonds. The molecule has 1 aliphatic rings. The number of rotatable bonds is 7. The number of carboxylic acid groups (broad SMARTS) is 1. The van der Waals surface area contributed by atoms with Gasteiger partial charge in [0.1, 0.15) is 6.61 Å². The summed E-state index contributed by atoms with van der Waals surface area (Å²) in [6.45, 7) is 3.05. The number of para-hydroxylation sites is 2. The zero-order chi connectivity index (χ0) is 19.9. The van der Waals surface area contributed by atoms with Crippen LogP contribution in [0.15, 0.2) is 54.6 Å². The van der Waals surface area contributed by atoms with E-state index in [2.05, 4.69) is 0 Å². The van der Waals surface area contributed by atoms with Gasteiger partial charge >= 0.3 is 5.97 Å². The molecule has 6 nitrogen and oxygen atoms in total. The van der Waals surface area contributed by atoms with Gasteiger partial charge in [0, 0.05) is 13.1 Å². The van der Waals surface area contributed by atoms with Crippen molar-refractivity contribution < 1.29 is 24.2 Å². The minimum atomic E-state index is -0.791. The molecule has 0 bridgehead atoms. The van der Waals surface area contributed by atoms with Crippen molar-refractivity contribution in [1.82, 2.24) is 4.90 Å². The van der Waals surface area contributed by atoms with E-state index in [4.69, 9.17) is 9.47 Å². The van der Waals surface area contributed by atoms with Gasteiger partial charge in [-0.15, -0.1) is 0 Å². The van der Waals surface area contributed by atoms with E-state index in [0.29, 0.717) is 37.6 Å². The summed E-state index contributed by atoms with van der Waals surface area (Å²) in [6, 6.07) is 17.1. The number of benzene rings is 2. The van der Waals surface area contributed by atoms with Crippen LogP contribution in [-0.4, -0.2) is 41.6 Å². The highest BCUT2D eigenvalue weighted by molar-refractivity contribution is 5.78. The number of likely N-dealkylation sites (tertiary alicyclic amines) is 1. The maximum Gasteiger partial charge on any atom is 0.306 e. The molecule has 1 saturated heterocycles. The predicted octanol–water partition coefficient (Wildman–Crippen LogP) is 3.21. The lowest BCUT2D eigenvalue weighted by Crippen LogP contribution is -2.46. The molecule has 0 aliphatic carbocycles. The van der Waals surface area contributed by atoms with Crippen LogP contribution >= 0.6 is 0 Å². The highest BCUT2D eigenvalue weighted by Gasteiger charge is 2.33. The van der Waals surface area contributed by atoms with Crippen LogP contribution in [-0.2, 0) is 16.2 Å². The SMILES string of the molecule is CC1CN(C(=O)COc2ccccc2OCc2ccccc2)CCC1C(=O)O. The van der Waals surface area contributed by atoms with E-state index in [0.717, 1.165) is 5.56 Å². The van der Waals surface area contributed by atoms with Crippen molar-refractivity contribution in [1.29, 1.82) is 0 Å². The van der Waals surface area contributed by atoms with Crippen LogP contribution in [0.1, 0.15) is 18.9 Å². The molecule has 1 heterocycles. The Balaban J connectivity index is 1.54. The van der Waals surface area contributed by atoms with E-state index in [9.17, 15) is 14.7 Å². The molecule has 28 heavy (non-hydrogen) atoms. The van der Waals surface area contributed by atoms with Crippen molar-refractivity contribution in [3.63, 3.8) is 0 Å². The fourth-order valence-electron chi connectivity index (χ4n) is 3.39. The van der Waals surface area contributed by atoms with Gasteiger partial charge in [-0.3, -0.25) is 9.59 Å². The van der Waals surface area contributed by atoms with E-state index < -0.39 is 11.9 Å². The molecule has 1 fully saturated rings. The van der Waals surface area contributed by atoms with Gasteiger partial charge in [-0.25, -0.2) is 0 Å². The summed E-state index contributed by atoms with van der Waals surface area (Å²) < 4.78 is 11.6. The summed E-state index contributed by atoms with van der Waals surface area (Å²) in [7, 11) is 0. The van der Waals surface area contributed by atoms with Gasteiger partial charge in [0.15, 0.2) is 18.1 Å². The zero-order valence-corrected chi connectivity index (χ0v) is 15.9. The number of nitrogens with zero attached hydrogens (tertiary/aromatic N) is 1. The Morgan fingerprint density at radius 1 is 1.04 bits per heavy atom. The van der Waals surface area contributed by atoms with Crippen LogP contribution in [0.25, 0.3) is 0 Å². The number of hydrogen-bond acceptors (Lipinski definition) is 4. The topological polar surface area (TPSA) is 76.1 Å². The molecule has 0 saturated carbocycles. The third-order valence-electron chi connectivity index (χ3n) is 5.01. The summed E-state index contributed by atoms with van der Waals surface area (Å²) in [4.78, 5) is 25.4. The number of carbonyl (C=O) groups is 2. The molecule has 148 valence electrons. The summed E-state index contributed by atoms with van der Waals surface area (Å²) in [5.41, 5.74) is 1.05. The monoisotopic (exact) mass is 383 g/mol. The molecule has 2 atom stereocenters. The first-order valence-corrected chi connectivity index (χ1v) is 9.43. The standard InChI is InChI=1S/C22H25NO5/c1-16-13-23(12-11-18(16)22(25)26)21(24)15-28-20-10-6-5-9-19(20)27-14-17-7-3-2-4-8-17/h2-10,16,18H,11-15H2,1H3,(H,25,26). The highest BCUT2D eigenvalue weighted by atomic mass is 16.5. The van der Waals surface area contributed by atoms with E-state index in [1.807, 2.05) is 55.5 Å². The largest absolute Gasteiger partial charge is 0.485 e. The van der Waals surface area contributed by atoms with Crippen LogP contribution < -0.4 is 9.47 Å². The van der Waals surface area contributed by atoms with Gasteiger partial charge in [-0.2, -0.15) is 0 Å². The van der Waals surface area contributed by atoms with Crippen LogP contribution in [0.4, 0.5) is 0 Å². The average Bonchev–Trinajstić information content (AvgIpc) is 2.71. The van der Waals surface area contributed by atoms with Crippen LogP contribution in [0.5, 0.6) is 11.5 Å². The number of hydrogen-bond donors (Lipinski definition) is 1. The molecule has 2 unspecified atom stereocenters. The Kier molecular flexibility index (Phi) is 6.53. The smallest absolute Gasteiger partial charge is 0.306 e. The molecule has 3 rings (SSSR count). The second kappa shape index (κ2) is 9.26. The minimum absolute atomic E-state index is 0.0725. The summed E-state index contributed by atoms with van der Waals surface area (Å²) >= 11 is 0. The highest BCUT2D eigenvalue weighted by Crippen LogP contribution is 2.28. The van der Waals surface area contributed by atoms with Crippen LogP contribution in [0.2, 0.25) is 0 Å². The normalized spacial score (nSPS) is 19.1. The number of ether oxygens (including phenoxy) is 2. The van der Waals surface area contributed by atoms with E-state index in [1.54, 1.807) is 11.0 Å². The van der Waals surface area contributed by atoms with Crippen molar-refractivity contribution in [3.8, 4) is 11.5 Å². The predicted molar refractivity (Wildman–Crippen MR) is 104 cm³/mol. The van der Waals surface area contributed by atoms with Gasteiger partial charge in [0.05, 0.1) is 5.92 Å². The molecule has 2 aromatic carbocycles. The number of piperidine rings is 1. The molecule has 1 aliphatic heterocycles. The lowest BCUT2D eigenvalue weighted by molar-refractivity contribution is -0.148. The quantitative estimate of drug-likeness (QED) is 0.795. The van der Waals surface area contributed by atoms with Crippen molar-refractivity contribution in [2.75, 3.05) is 19.7 Å². The van der Waals surface area contributed by atoms with Crippen LogP contribution in [0, 0.1) is 11.8 Å². The Hall–Kier alpha value is -3.02. The van der Waals surface area contributed by atoms with Crippen molar-refractivity contribution in [2.24, 2.45) is 11.8 Å². The van der Waals surface area contributed by atoms with Gasteiger partial charge in [-0.1, -0.05) is 49.4 Å². The van der Waals surface area contributed by atoms with Gasteiger partial charge < -0.3 is 19.5 Å². The average molecular weight is 383 g/mol. The van der Waals surface area contributed by atoms with E-state index in [1.165, 1.54) is 0 Å². The molecule has 0 aromatic heterocycles. The van der Waals surface area contributed by atoms with Crippen molar-refractivity contribution >= 4 is 11.9 Å². The first-order chi connectivity index (χ1) is 13.5. The minimum Gasteiger partial charge on any atom is -0.485 e. The van der Waals surface area contributed by atoms with Crippen LogP contribution in [0.3, 0.4) is 0 Å². The molecule has 0 radical (unpaired) electrons. The second-order valence-electron chi connectivity index (χ2n) is 7.06. The molecule has 2 aromatic rings. The third kappa shape index (κ3) is 5.03. The number of aliphatic carboxylic acids is 1. The van der Waals surface area contributed by atoms with Gasteiger partial charge in [0.2, 0.25) is 0 Å². The summed E-state index contributed by atoms with van der Waals surface area (Å²) in [6.07, 6.45) is 0.471.